The number of aromatic nitrogens is 1. The second-order valence-electron chi connectivity index (χ2n) is 6.62. The Bertz CT molecular complexity index is 587. The van der Waals surface area contributed by atoms with E-state index < -0.39 is 0 Å². The molecule has 6 nitrogen and oxygen atoms in total. The third-order valence-electron chi connectivity index (χ3n) is 4.98. The van der Waals surface area contributed by atoms with Gasteiger partial charge in [-0.1, -0.05) is 0 Å². The maximum Gasteiger partial charge on any atom is 0.255 e. The van der Waals surface area contributed by atoms with Gasteiger partial charge in [0.15, 0.2) is 0 Å². The summed E-state index contributed by atoms with van der Waals surface area (Å²) in [5, 5.41) is 2.67. The van der Waals surface area contributed by atoms with Crippen LogP contribution in [0.3, 0.4) is 0 Å². The van der Waals surface area contributed by atoms with E-state index in [1.807, 2.05) is 24.0 Å². The van der Waals surface area contributed by atoms with Crippen molar-refractivity contribution in [3.63, 3.8) is 0 Å². The minimum absolute atomic E-state index is 0.0557. The SMILES string of the molecule is CNC(=O)CN1CC[C@H]2CN(C(=O)c3ccc(C)nc3)C[C@H]2C1. The molecule has 0 aromatic carbocycles. The maximum atomic E-state index is 12.6. The molecule has 0 radical (unpaired) electrons. The fourth-order valence-corrected chi connectivity index (χ4v) is 3.61. The number of nitrogens with one attached hydrogen (secondary N) is 1. The van der Waals surface area contributed by atoms with E-state index in [4.69, 9.17) is 0 Å². The van der Waals surface area contributed by atoms with Crippen molar-refractivity contribution in [3.05, 3.63) is 29.6 Å². The van der Waals surface area contributed by atoms with Gasteiger partial charge in [0.2, 0.25) is 5.91 Å². The molecule has 1 N–H and O–H groups in total. The van der Waals surface area contributed by atoms with Gasteiger partial charge in [-0.2, -0.15) is 0 Å². The number of piperidine rings is 1. The number of nitrogens with zero attached hydrogens (tertiary/aromatic N) is 3. The average molecular weight is 316 g/mol. The van der Waals surface area contributed by atoms with Crippen molar-refractivity contribution in [3.8, 4) is 0 Å². The Labute approximate surface area is 136 Å². The number of aryl methyl sites for hydroxylation is 1. The van der Waals surface area contributed by atoms with E-state index in [-0.39, 0.29) is 11.8 Å². The molecule has 2 amide bonds. The molecule has 2 fully saturated rings. The molecule has 6 heteroatoms. The number of likely N-dealkylation sites (N-methyl/N-ethyl adjacent to an activating group) is 1. The number of carbonyl (C=O) groups excluding carboxylic acids is 2. The van der Waals surface area contributed by atoms with Gasteiger partial charge in [0.1, 0.15) is 0 Å². The average Bonchev–Trinajstić information content (AvgIpc) is 2.98. The molecular formula is C17H24N4O2. The van der Waals surface area contributed by atoms with Crippen LogP contribution in [-0.4, -0.2) is 66.4 Å². The number of amides is 2. The van der Waals surface area contributed by atoms with Gasteiger partial charge in [0, 0.05) is 38.6 Å². The van der Waals surface area contributed by atoms with E-state index in [1.54, 1.807) is 13.2 Å². The van der Waals surface area contributed by atoms with Gasteiger partial charge in [0.25, 0.3) is 5.91 Å². The molecule has 0 unspecified atom stereocenters. The molecule has 23 heavy (non-hydrogen) atoms. The van der Waals surface area contributed by atoms with Crippen LogP contribution < -0.4 is 5.32 Å². The molecule has 3 rings (SSSR count). The first-order valence-corrected chi connectivity index (χ1v) is 8.21. The first-order valence-electron chi connectivity index (χ1n) is 8.21. The largest absolute Gasteiger partial charge is 0.358 e. The van der Waals surface area contributed by atoms with Crippen molar-refractivity contribution in [1.29, 1.82) is 0 Å². The highest BCUT2D eigenvalue weighted by atomic mass is 16.2. The second-order valence-corrected chi connectivity index (χ2v) is 6.62. The van der Waals surface area contributed by atoms with Gasteiger partial charge in [-0.15, -0.1) is 0 Å². The van der Waals surface area contributed by atoms with Crippen LogP contribution >= 0.6 is 0 Å². The lowest BCUT2D eigenvalue weighted by atomic mass is 9.89. The minimum Gasteiger partial charge on any atom is -0.358 e. The van der Waals surface area contributed by atoms with Crippen LogP contribution in [0.25, 0.3) is 0 Å². The summed E-state index contributed by atoms with van der Waals surface area (Å²) in [6.07, 6.45) is 2.72. The van der Waals surface area contributed by atoms with E-state index in [2.05, 4.69) is 15.2 Å². The summed E-state index contributed by atoms with van der Waals surface area (Å²) >= 11 is 0. The normalized spacial score (nSPS) is 24.3. The lowest BCUT2D eigenvalue weighted by molar-refractivity contribution is -0.122. The van der Waals surface area contributed by atoms with E-state index in [1.165, 1.54) is 0 Å². The summed E-state index contributed by atoms with van der Waals surface area (Å²) in [7, 11) is 1.67. The highest BCUT2D eigenvalue weighted by molar-refractivity contribution is 5.94. The maximum absolute atomic E-state index is 12.6. The Morgan fingerprint density at radius 2 is 2.04 bits per heavy atom. The Hall–Kier alpha value is -1.95. The summed E-state index contributed by atoms with van der Waals surface area (Å²) in [6, 6.07) is 3.73. The summed E-state index contributed by atoms with van der Waals surface area (Å²) in [5.74, 6) is 1.15. The summed E-state index contributed by atoms with van der Waals surface area (Å²) in [4.78, 5) is 32.5. The van der Waals surface area contributed by atoms with E-state index in [9.17, 15) is 9.59 Å². The molecule has 124 valence electrons. The Morgan fingerprint density at radius 1 is 1.26 bits per heavy atom. The Morgan fingerprint density at radius 3 is 2.74 bits per heavy atom. The second kappa shape index (κ2) is 6.66. The zero-order chi connectivity index (χ0) is 16.4. The Balaban J connectivity index is 1.60. The smallest absolute Gasteiger partial charge is 0.255 e. The number of likely N-dealkylation sites (tertiary alicyclic amines) is 2. The molecule has 2 atom stereocenters. The number of pyridine rings is 1. The summed E-state index contributed by atoms with van der Waals surface area (Å²) in [5.41, 5.74) is 1.58. The Kier molecular flexibility index (Phi) is 4.61. The molecule has 2 aliphatic heterocycles. The van der Waals surface area contributed by atoms with Crippen LogP contribution in [-0.2, 0) is 4.79 Å². The van der Waals surface area contributed by atoms with Crippen LogP contribution in [0.5, 0.6) is 0 Å². The zero-order valence-corrected chi connectivity index (χ0v) is 13.8. The first kappa shape index (κ1) is 15.9. The van der Waals surface area contributed by atoms with Crippen LogP contribution in [0.4, 0.5) is 0 Å². The van der Waals surface area contributed by atoms with E-state index in [0.29, 0.717) is 23.9 Å². The van der Waals surface area contributed by atoms with Crippen LogP contribution in [0.15, 0.2) is 18.3 Å². The van der Waals surface area contributed by atoms with Crippen molar-refractivity contribution in [2.75, 3.05) is 39.8 Å². The third-order valence-corrected chi connectivity index (χ3v) is 4.98. The van der Waals surface area contributed by atoms with Crippen molar-refractivity contribution >= 4 is 11.8 Å². The molecule has 1 aromatic heterocycles. The molecule has 1 aromatic rings. The fourth-order valence-electron chi connectivity index (χ4n) is 3.61. The standard InChI is InChI=1S/C17H24N4O2/c1-12-3-4-13(7-19-12)17(23)21-9-14-5-6-20(8-15(14)10-21)11-16(22)18-2/h3-4,7,14-15H,5-6,8-11H2,1-2H3,(H,18,22)/t14-,15+/m0/s1. The third kappa shape index (κ3) is 3.52. The van der Waals surface area contributed by atoms with Gasteiger partial charge in [0.05, 0.1) is 12.1 Å². The predicted molar refractivity (Wildman–Crippen MR) is 87.0 cm³/mol. The zero-order valence-electron chi connectivity index (χ0n) is 13.8. The van der Waals surface area contributed by atoms with Crippen LogP contribution in [0, 0.1) is 18.8 Å². The molecular weight excluding hydrogens is 292 g/mol. The van der Waals surface area contributed by atoms with Gasteiger partial charge in [-0.05, 0) is 43.9 Å². The van der Waals surface area contributed by atoms with Crippen LogP contribution in [0.1, 0.15) is 22.5 Å². The van der Waals surface area contributed by atoms with Crippen LogP contribution in [0.2, 0.25) is 0 Å². The van der Waals surface area contributed by atoms with Crippen molar-refractivity contribution < 1.29 is 9.59 Å². The lowest BCUT2D eigenvalue weighted by Gasteiger charge is -2.33. The molecule has 2 saturated heterocycles. The number of fused-ring (bicyclic) bond motifs is 1. The number of carbonyl (C=O) groups is 2. The van der Waals surface area contributed by atoms with Crippen molar-refractivity contribution in [2.24, 2.45) is 11.8 Å². The van der Waals surface area contributed by atoms with Gasteiger partial charge < -0.3 is 10.2 Å². The predicted octanol–water partition coefficient (Wildman–Crippen LogP) is 0.530. The first-order chi connectivity index (χ1) is 11.1. The molecule has 0 aliphatic carbocycles. The minimum atomic E-state index is 0.0557. The highest BCUT2D eigenvalue weighted by Crippen LogP contribution is 2.31. The summed E-state index contributed by atoms with van der Waals surface area (Å²) < 4.78 is 0. The molecule has 2 aliphatic rings. The topological polar surface area (TPSA) is 65.5 Å². The molecule has 0 spiro atoms. The summed E-state index contributed by atoms with van der Waals surface area (Å²) in [6.45, 7) is 5.80. The highest BCUT2D eigenvalue weighted by Gasteiger charge is 2.39. The molecule has 3 heterocycles. The van der Waals surface area contributed by atoms with Gasteiger partial charge in [-0.3, -0.25) is 19.5 Å². The number of hydrogen-bond donors (Lipinski definition) is 1. The van der Waals surface area contributed by atoms with E-state index >= 15 is 0 Å². The lowest BCUT2D eigenvalue weighted by Crippen LogP contribution is -2.44. The quantitative estimate of drug-likeness (QED) is 0.883. The van der Waals surface area contributed by atoms with Crippen molar-refractivity contribution in [1.82, 2.24) is 20.1 Å². The number of hydrogen-bond acceptors (Lipinski definition) is 4. The number of rotatable bonds is 3. The monoisotopic (exact) mass is 316 g/mol. The van der Waals surface area contributed by atoms with Gasteiger partial charge in [-0.25, -0.2) is 0 Å². The van der Waals surface area contributed by atoms with E-state index in [0.717, 1.165) is 38.3 Å². The fraction of sp³-hybridized carbons (Fsp3) is 0.588. The molecule has 0 bridgehead atoms. The van der Waals surface area contributed by atoms with Gasteiger partial charge >= 0.3 is 0 Å². The van der Waals surface area contributed by atoms with Crippen molar-refractivity contribution in [2.45, 2.75) is 13.3 Å². The molecule has 0 saturated carbocycles.